The summed E-state index contributed by atoms with van der Waals surface area (Å²) in [5, 5.41) is 0. The Morgan fingerprint density at radius 2 is 1.90 bits per heavy atom. The molecule has 1 saturated carbocycles. The summed E-state index contributed by atoms with van der Waals surface area (Å²) in [5.41, 5.74) is 3.04. The van der Waals surface area contributed by atoms with Crippen molar-refractivity contribution in [2.45, 2.75) is 39.3 Å². The summed E-state index contributed by atoms with van der Waals surface area (Å²) in [7, 11) is 0. The van der Waals surface area contributed by atoms with E-state index in [4.69, 9.17) is 4.74 Å². The van der Waals surface area contributed by atoms with Crippen LogP contribution in [0.5, 0.6) is 5.75 Å². The largest absolute Gasteiger partial charge is 0.485 e. The summed E-state index contributed by atoms with van der Waals surface area (Å²) in [6, 6.07) is 13.5. The van der Waals surface area contributed by atoms with Gasteiger partial charge < -0.3 is 9.30 Å². The Bertz CT molecular complexity index is 1090. The topological polar surface area (TPSA) is 57.0 Å². The van der Waals surface area contributed by atoms with E-state index in [0.29, 0.717) is 24.0 Å². The highest BCUT2D eigenvalue weighted by atomic mass is 16.5. The van der Waals surface area contributed by atoms with E-state index >= 15 is 0 Å². The molecule has 3 aromatic rings. The van der Waals surface area contributed by atoms with Crippen molar-refractivity contribution < 1.29 is 4.74 Å². The number of hydrogen-bond donors (Lipinski definition) is 0. The third-order valence-corrected chi connectivity index (χ3v) is 4.87. The number of benzene rings is 1. The van der Waals surface area contributed by atoms with Crippen LogP contribution in [0.25, 0.3) is 0 Å². The lowest BCUT2D eigenvalue weighted by atomic mass is 10.1. The minimum atomic E-state index is -0.0686. The third-order valence-electron chi connectivity index (χ3n) is 4.87. The van der Waals surface area contributed by atoms with Crippen LogP contribution in [-0.2, 0) is 19.6 Å². The van der Waals surface area contributed by atoms with Gasteiger partial charge in [0, 0.05) is 42.2 Å². The predicted octanol–water partition coefficient (Wildman–Crippen LogP) is 3.53. The second-order valence-corrected chi connectivity index (χ2v) is 7.27. The van der Waals surface area contributed by atoms with Crippen molar-refractivity contribution in [3.05, 3.63) is 87.9 Å². The van der Waals surface area contributed by atoms with Crippen LogP contribution in [0.15, 0.2) is 59.7 Å². The van der Waals surface area contributed by atoms with Crippen molar-refractivity contribution in [1.29, 1.82) is 0 Å². The lowest BCUT2D eigenvalue weighted by molar-refractivity contribution is 0.294. The first-order valence-corrected chi connectivity index (χ1v) is 9.88. The van der Waals surface area contributed by atoms with Crippen molar-refractivity contribution in [2.24, 2.45) is 5.92 Å². The van der Waals surface area contributed by atoms with Gasteiger partial charge in [-0.2, -0.15) is 0 Å². The number of ether oxygens (including phenoxy) is 1. The van der Waals surface area contributed by atoms with Crippen LogP contribution in [-0.4, -0.2) is 14.5 Å². The molecule has 1 fully saturated rings. The Morgan fingerprint density at radius 1 is 1.14 bits per heavy atom. The summed E-state index contributed by atoms with van der Waals surface area (Å²) in [5.74, 6) is 8.23. The van der Waals surface area contributed by atoms with Gasteiger partial charge in [0.05, 0.1) is 0 Å². The molecule has 146 valence electrons. The molecule has 1 aromatic carbocycles. The third kappa shape index (κ3) is 5.32. The fourth-order valence-electron chi connectivity index (χ4n) is 3.03. The number of nitrogens with zero attached hydrogens (tertiary/aromatic N) is 3. The molecular formula is C24H23N3O2. The van der Waals surface area contributed by atoms with Gasteiger partial charge >= 0.3 is 0 Å². The summed E-state index contributed by atoms with van der Waals surface area (Å²) < 4.78 is 7.45. The van der Waals surface area contributed by atoms with E-state index in [9.17, 15) is 4.79 Å². The molecule has 0 unspecified atom stereocenters. The molecular weight excluding hydrogens is 362 g/mol. The zero-order chi connectivity index (χ0) is 20.1. The van der Waals surface area contributed by atoms with Crippen LogP contribution in [0.1, 0.15) is 35.5 Å². The maximum Gasteiger partial charge on any atom is 0.254 e. The summed E-state index contributed by atoms with van der Waals surface area (Å²) in [6.45, 7) is 2.78. The molecule has 0 radical (unpaired) electrons. The van der Waals surface area contributed by atoms with Crippen LogP contribution >= 0.6 is 0 Å². The maximum atomic E-state index is 12.5. The lowest BCUT2D eigenvalue weighted by Crippen LogP contribution is -2.22. The van der Waals surface area contributed by atoms with Gasteiger partial charge in [0.1, 0.15) is 12.4 Å². The van der Waals surface area contributed by atoms with Gasteiger partial charge in [-0.25, -0.2) is 9.97 Å². The van der Waals surface area contributed by atoms with Gasteiger partial charge in [0.25, 0.3) is 5.56 Å². The highest BCUT2D eigenvalue weighted by Crippen LogP contribution is 2.27. The van der Waals surface area contributed by atoms with Crippen LogP contribution in [0.3, 0.4) is 0 Å². The number of aryl methyl sites for hydroxylation is 2. The average molecular weight is 385 g/mol. The van der Waals surface area contributed by atoms with Crippen LogP contribution in [0.4, 0.5) is 0 Å². The molecule has 5 nitrogen and oxygen atoms in total. The van der Waals surface area contributed by atoms with Gasteiger partial charge in [-0.05, 0) is 56.0 Å². The first kappa shape index (κ1) is 18.9. The second-order valence-electron chi connectivity index (χ2n) is 7.27. The Labute approximate surface area is 170 Å². The van der Waals surface area contributed by atoms with Gasteiger partial charge in [-0.15, -0.1) is 0 Å². The highest BCUT2D eigenvalue weighted by Gasteiger charge is 2.17. The zero-order valence-corrected chi connectivity index (χ0v) is 16.5. The van der Waals surface area contributed by atoms with Crippen LogP contribution in [0, 0.1) is 24.7 Å². The molecule has 0 saturated heterocycles. The predicted molar refractivity (Wildman–Crippen MR) is 112 cm³/mol. The Hall–Kier alpha value is -3.39. The van der Waals surface area contributed by atoms with Crippen molar-refractivity contribution in [3.63, 3.8) is 0 Å². The molecule has 1 aliphatic carbocycles. The zero-order valence-electron chi connectivity index (χ0n) is 16.5. The monoisotopic (exact) mass is 385 g/mol. The quantitative estimate of drug-likeness (QED) is 0.609. The first-order valence-electron chi connectivity index (χ1n) is 9.88. The number of pyridine rings is 1. The Morgan fingerprint density at radius 3 is 2.59 bits per heavy atom. The molecule has 29 heavy (non-hydrogen) atoms. The van der Waals surface area contributed by atoms with E-state index in [1.807, 2.05) is 13.0 Å². The normalized spacial score (nSPS) is 12.9. The van der Waals surface area contributed by atoms with E-state index in [1.54, 1.807) is 23.0 Å². The van der Waals surface area contributed by atoms with Crippen molar-refractivity contribution in [3.8, 4) is 17.6 Å². The molecule has 2 aromatic heterocycles. The second kappa shape index (κ2) is 8.74. The maximum absolute atomic E-state index is 12.5. The Kier molecular flexibility index (Phi) is 5.71. The van der Waals surface area contributed by atoms with Crippen LogP contribution < -0.4 is 10.3 Å². The molecule has 0 spiro atoms. The van der Waals surface area contributed by atoms with Gasteiger partial charge in [0.15, 0.2) is 5.82 Å². The molecule has 2 heterocycles. The molecule has 4 rings (SSSR count). The lowest BCUT2D eigenvalue weighted by Gasteiger charge is -2.12. The van der Waals surface area contributed by atoms with E-state index in [2.05, 4.69) is 46.1 Å². The average Bonchev–Trinajstić information content (AvgIpc) is 3.56. The number of hydrogen-bond acceptors (Lipinski definition) is 4. The van der Waals surface area contributed by atoms with Gasteiger partial charge in [-0.1, -0.05) is 24.0 Å². The number of aromatic nitrogens is 3. The van der Waals surface area contributed by atoms with Crippen molar-refractivity contribution in [2.75, 3.05) is 0 Å². The molecule has 5 heteroatoms. The van der Waals surface area contributed by atoms with Crippen molar-refractivity contribution in [1.82, 2.24) is 14.5 Å². The van der Waals surface area contributed by atoms with E-state index in [-0.39, 0.29) is 12.2 Å². The summed E-state index contributed by atoms with van der Waals surface area (Å²) in [6.07, 6.45) is 6.60. The Balaban J connectivity index is 1.37. The fraction of sp³-hybridized carbons (Fsp3) is 0.292. The number of rotatable bonds is 6. The molecule has 0 amide bonds. The molecule has 0 aliphatic heterocycles. The fourth-order valence-corrected chi connectivity index (χ4v) is 3.03. The smallest absolute Gasteiger partial charge is 0.254 e. The van der Waals surface area contributed by atoms with E-state index in [0.717, 1.165) is 17.7 Å². The van der Waals surface area contributed by atoms with E-state index in [1.165, 1.54) is 24.5 Å². The first-order chi connectivity index (χ1) is 14.2. The molecule has 0 N–H and O–H groups in total. The van der Waals surface area contributed by atoms with E-state index < -0.39 is 0 Å². The highest BCUT2D eigenvalue weighted by molar-refractivity contribution is 5.37. The van der Waals surface area contributed by atoms with Gasteiger partial charge in [0.2, 0.25) is 0 Å². The molecule has 0 bridgehead atoms. The van der Waals surface area contributed by atoms with Crippen LogP contribution in [0.2, 0.25) is 0 Å². The summed E-state index contributed by atoms with van der Waals surface area (Å²) >= 11 is 0. The van der Waals surface area contributed by atoms with Gasteiger partial charge in [-0.3, -0.25) is 4.79 Å². The minimum Gasteiger partial charge on any atom is -0.485 e. The molecule has 0 atom stereocenters. The standard InChI is InChI=1S/C24H23N3O2/c1-18-15-22(29-17-23-25-12-2-13-26-23)16-24(28)27(18)14-11-21-9-7-20(8-10-21)6-5-19-3-4-19/h2,7-10,12-13,15-16,19H,3-4,11,14,17H2,1H3. The molecule has 1 aliphatic rings. The SMILES string of the molecule is Cc1cc(OCc2ncccn2)cc(=O)n1CCc1ccc(C#CC2CC2)cc1. The summed E-state index contributed by atoms with van der Waals surface area (Å²) in [4.78, 5) is 20.8. The minimum absolute atomic E-state index is 0.0686. The van der Waals surface area contributed by atoms with Crippen molar-refractivity contribution >= 4 is 0 Å².